The van der Waals surface area contributed by atoms with E-state index >= 15 is 0 Å². The van der Waals surface area contributed by atoms with Crippen LogP contribution in [-0.2, 0) is 12.8 Å². The normalized spacial score (nSPS) is 10.7. The van der Waals surface area contributed by atoms with Crippen LogP contribution in [0.2, 0.25) is 0 Å². The van der Waals surface area contributed by atoms with Gasteiger partial charge in [0.15, 0.2) is 0 Å². The summed E-state index contributed by atoms with van der Waals surface area (Å²) < 4.78 is 5.80. The molecule has 124 valence electrons. The van der Waals surface area contributed by atoms with E-state index < -0.39 is 0 Å². The molecule has 0 aliphatic carbocycles. The third kappa shape index (κ3) is 4.06. The van der Waals surface area contributed by atoms with Crippen LogP contribution in [0.25, 0.3) is 0 Å². The Morgan fingerprint density at radius 2 is 1.88 bits per heavy atom. The molecule has 1 aromatic heterocycles. The summed E-state index contributed by atoms with van der Waals surface area (Å²) in [5.74, 6) is 0.780. The van der Waals surface area contributed by atoms with Gasteiger partial charge in [0.2, 0.25) is 5.88 Å². The minimum Gasteiger partial charge on any atom is -0.494 e. The van der Waals surface area contributed by atoms with E-state index in [1.807, 2.05) is 36.4 Å². The van der Waals surface area contributed by atoms with Gasteiger partial charge in [0.25, 0.3) is 0 Å². The summed E-state index contributed by atoms with van der Waals surface area (Å²) in [7, 11) is 0. The summed E-state index contributed by atoms with van der Waals surface area (Å²) in [6.45, 7) is 2.74. The molecule has 0 fully saturated rings. The number of thiazole rings is 1. The van der Waals surface area contributed by atoms with Crippen LogP contribution >= 0.6 is 11.3 Å². The number of ether oxygens (including phenoxy) is 1. The van der Waals surface area contributed by atoms with E-state index in [0.29, 0.717) is 17.9 Å². The van der Waals surface area contributed by atoms with Crippen molar-refractivity contribution in [3.05, 3.63) is 79.8 Å². The van der Waals surface area contributed by atoms with Gasteiger partial charge in [0.05, 0.1) is 11.5 Å². The average Bonchev–Trinajstić information content (AvgIpc) is 2.88. The van der Waals surface area contributed by atoms with E-state index in [4.69, 9.17) is 4.74 Å². The van der Waals surface area contributed by atoms with Crippen molar-refractivity contribution in [3.63, 3.8) is 0 Å². The van der Waals surface area contributed by atoms with Crippen LogP contribution in [0.4, 0.5) is 0 Å². The van der Waals surface area contributed by atoms with Crippen molar-refractivity contribution < 1.29 is 9.84 Å². The third-order valence-electron chi connectivity index (χ3n) is 3.89. The number of hydrogen-bond donors (Lipinski definition) is 2. The summed E-state index contributed by atoms with van der Waals surface area (Å²) in [6, 6.07) is 16.0. The zero-order valence-electron chi connectivity index (χ0n) is 13.4. The van der Waals surface area contributed by atoms with Crippen LogP contribution in [0.5, 0.6) is 11.6 Å². The largest absolute Gasteiger partial charge is 0.494 e. The molecular weight excluding hydrogens is 322 g/mol. The van der Waals surface area contributed by atoms with Crippen molar-refractivity contribution in [1.82, 2.24) is 4.98 Å². The Bertz CT molecular complexity index is 865. The van der Waals surface area contributed by atoms with Crippen LogP contribution in [0.1, 0.15) is 21.6 Å². The molecule has 4 nitrogen and oxygen atoms in total. The first-order valence-electron chi connectivity index (χ1n) is 7.79. The Labute approximate surface area is 144 Å². The Balaban J connectivity index is 1.56. The molecule has 2 N–H and O–H groups in total. The van der Waals surface area contributed by atoms with E-state index in [9.17, 15) is 9.90 Å². The van der Waals surface area contributed by atoms with Crippen molar-refractivity contribution in [2.45, 2.75) is 19.8 Å². The second-order valence-electron chi connectivity index (χ2n) is 5.63. The number of benzene rings is 2. The fraction of sp³-hybridized carbons (Fsp3) is 0.211. The quantitative estimate of drug-likeness (QED) is 0.719. The van der Waals surface area contributed by atoms with Gasteiger partial charge in [-0.3, -0.25) is 9.78 Å². The summed E-state index contributed by atoms with van der Waals surface area (Å²) in [5.41, 5.74) is 3.60. The number of aryl methyl sites for hydroxylation is 1. The highest BCUT2D eigenvalue weighted by atomic mass is 32.1. The molecule has 0 aliphatic rings. The van der Waals surface area contributed by atoms with Crippen LogP contribution < -0.4 is 9.61 Å². The Morgan fingerprint density at radius 3 is 2.54 bits per heavy atom. The third-order valence-corrected chi connectivity index (χ3v) is 4.76. The maximum absolute atomic E-state index is 11.2. The molecule has 0 spiro atoms. The van der Waals surface area contributed by atoms with Crippen LogP contribution in [0, 0.1) is 6.92 Å². The molecule has 0 saturated heterocycles. The molecular formula is C19H19NO3S. The first kappa shape index (κ1) is 16.3. The highest BCUT2D eigenvalue weighted by molar-refractivity contribution is 7.09. The maximum atomic E-state index is 11.2. The second-order valence-corrected chi connectivity index (χ2v) is 6.70. The van der Waals surface area contributed by atoms with Crippen LogP contribution in [-0.4, -0.2) is 16.7 Å². The highest BCUT2D eigenvalue weighted by Crippen LogP contribution is 2.22. The van der Waals surface area contributed by atoms with Crippen molar-refractivity contribution >= 4 is 11.3 Å². The van der Waals surface area contributed by atoms with Crippen molar-refractivity contribution in [2.24, 2.45) is 0 Å². The van der Waals surface area contributed by atoms with E-state index in [1.165, 1.54) is 11.1 Å². The lowest BCUT2D eigenvalue weighted by Gasteiger charge is -2.09. The number of aromatic hydroxyl groups is 1. The highest BCUT2D eigenvalue weighted by Gasteiger charge is 2.07. The van der Waals surface area contributed by atoms with E-state index in [2.05, 4.69) is 24.0 Å². The van der Waals surface area contributed by atoms with Gasteiger partial charge in [-0.15, -0.1) is 0 Å². The van der Waals surface area contributed by atoms with Gasteiger partial charge in [-0.25, -0.2) is 0 Å². The monoisotopic (exact) mass is 341 g/mol. The molecule has 24 heavy (non-hydrogen) atoms. The smallest absolute Gasteiger partial charge is 0.307 e. The number of hydrogen-bond acceptors (Lipinski definition) is 4. The van der Waals surface area contributed by atoms with Gasteiger partial charge in [0.1, 0.15) is 5.75 Å². The van der Waals surface area contributed by atoms with Gasteiger partial charge in [-0.05, 0) is 35.7 Å². The molecule has 1 heterocycles. The average molecular weight is 341 g/mol. The second kappa shape index (κ2) is 7.36. The molecule has 0 unspecified atom stereocenters. The van der Waals surface area contributed by atoms with Gasteiger partial charge in [0, 0.05) is 12.8 Å². The fourth-order valence-corrected chi connectivity index (χ4v) is 3.29. The SMILES string of the molecule is Cc1ccccc1CCOc1ccc(Cc2sc(=O)[nH]c2O)cc1. The lowest BCUT2D eigenvalue weighted by atomic mass is 10.1. The Hall–Kier alpha value is -2.53. The molecule has 0 amide bonds. The topological polar surface area (TPSA) is 62.3 Å². The molecule has 0 atom stereocenters. The van der Waals surface area contributed by atoms with Gasteiger partial charge >= 0.3 is 4.87 Å². The van der Waals surface area contributed by atoms with Crippen molar-refractivity contribution in [3.8, 4) is 11.6 Å². The predicted octanol–water partition coefficient (Wildman–Crippen LogP) is 3.66. The van der Waals surface area contributed by atoms with E-state index in [0.717, 1.165) is 29.1 Å². The molecule has 0 saturated carbocycles. The minimum atomic E-state index is -0.237. The van der Waals surface area contributed by atoms with Crippen LogP contribution in [0.3, 0.4) is 0 Å². The number of rotatable bonds is 6. The summed E-state index contributed by atoms with van der Waals surface area (Å²) in [5, 5.41) is 9.62. The van der Waals surface area contributed by atoms with E-state index in [1.54, 1.807) is 0 Å². The van der Waals surface area contributed by atoms with E-state index in [-0.39, 0.29) is 10.8 Å². The molecule has 0 aliphatic heterocycles. The number of nitrogens with one attached hydrogen (secondary N) is 1. The summed E-state index contributed by atoms with van der Waals surface area (Å²) in [4.78, 5) is 14.0. The van der Waals surface area contributed by atoms with Gasteiger partial charge in [-0.2, -0.15) is 0 Å². The maximum Gasteiger partial charge on any atom is 0.307 e. The first-order valence-corrected chi connectivity index (χ1v) is 8.60. The standard InChI is InChI=1S/C19H19NO3S/c1-13-4-2-3-5-15(13)10-11-23-16-8-6-14(7-9-16)12-17-18(21)20-19(22)24-17/h2-9,21H,10-12H2,1H3,(H,20,22). The van der Waals surface area contributed by atoms with Gasteiger partial charge in [-0.1, -0.05) is 47.7 Å². The fourth-order valence-electron chi connectivity index (χ4n) is 2.53. The number of aromatic amines is 1. The Morgan fingerprint density at radius 1 is 1.12 bits per heavy atom. The Kier molecular flexibility index (Phi) is 5.01. The molecule has 0 radical (unpaired) electrons. The minimum absolute atomic E-state index is 0.0384. The molecule has 2 aromatic carbocycles. The predicted molar refractivity (Wildman–Crippen MR) is 96.2 cm³/mol. The molecule has 3 aromatic rings. The first-order chi connectivity index (χ1) is 11.6. The van der Waals surface area contributed by atoms with Gasteiger partial charge < -0.3 is 9.84 Å². The lowest BCUT2D eigenvalue weighted by molar-refractivity contribution is 0.321. The zero-order valence-corrected chi connectivity index (χ0v) is 14.2. The van der Waals surface area contributed by atoms with Crippen LogP contribution in [0.15, 0.2) is 53.3 Å². The zero-order chi connectivity index (χ0) is 16.9. The summed E-state index contributed by atoms with van der Waals surface area (Å²) in [6.07, 6.45) is 1.40. The molecule has 3 rings (SSSR count). The van der Waals surface area contributed by atoms with Crippen molar-refractivity contribution in [1.29, 1.82) is 0 Å². The molecule has 5 heteroatoms. The number of aromatic nitrogens is 1. The summed E-state index contributed by atoms with van der Waals surface area (Å²) >= 11 is 1.03. The lowest BCUT2D eigenvalue weighted by Crippen LogP contribution is -2.02. The molecule has 0 bridgehead atoms. The number of H-pyrrole nitrogens is 1. The van der Waals surface area contributed by atoms with Crippen molar-refractivity contribution in [2.75, 3.05) is 6.61 Å².